The topological polar surface area (TPSA) is 44.1 Å². The Balaban J connectivity index is 2.17. The molecule has 16 heavy (non-hydrogen) atoms. The van der Waals surface area contributed by atoms with Crippen molar-refractivity contribution in [3.05, 3.63) is 35.4 Å². The first-order valence-corrected chi connectivity index (χ1v) is 5.53. The molecule has 1 aromatic rings. The van der Waals surface area contributed by atoms with Gasteiger partial charge in [-0.15, -0.1) is 0 Å². The van der Waals surface area contributed by atoms with Crippen molar-refractivity contribution < 1.29 is 4.79 Å². The molecule has 1 aliphatic rings. The van der Waals surface area contributed by atoms with Crippen LogP contribution < -0.4 is 0 Å². The zero-order chi connectivity index (χ0) is 11.4. The van der Waals surface area contributed by atoms with Gasteiger partial charge in [-0.2, -0.15) is 5.26 Å². The van der Waals surface area contributed by atoms with Gasteiger partial charge >= 0.3 is 0 Å². The van der Waals surface area contributed by atoms with E-state index in [-0.39, 0.29) is 12.3 Å². The molecule has 0 unspecified atom stereocenters. The van der Waals surface area contributed by atoms with Crippen LogP contribution in [0.15, 0.2) is 24.3 Å². The van der Waals surface area contributed by atoms with Gasteiger partial charge < -0.3 is 4.90 Å². The van der Waals surface area contributed by atoms with Crippen LogP contribution in [0, 0.1) is 11.3 Å². The summed E-state index contributed by atoms with van der Waals surface area (Å²) in [5.74, 6) is -0.0563. The Morgan fingerprint density at radius 1 is 1.38 bits per heavy atom. The minimum absolute atomic E-state index is 0.0117. The number of rotatable bonds is 1. The monoisotopic (exact) mass is 214 g/mol. The summed E-state index contributed by atoms with van der Waals surface area (Å²) in [6.07, 6.45) is 1.99. The fraction of sp³-hybridized carbons (Fsp3) is 0.385. The van der Waals surface area contributed by atoms with E-state index in [0.29, 0.717) is 6.54 Å². The Bertz CT molecular complexity index is 434. The van der Waals surface area contributed by atoms with Crippen molar-refractivity contribution in [1.82, 2.24) is 4.90 Å². The largest absolute Gasteiger partial charge is 0.337 e. The fourth-order valence-electron chi connectivity index (χ4n) is 2.09. The van der Waals surface area contributed by atoms with Crippen LogP contribution in [0.1, 0.15) is 24.0 Å². The molecule has 0 spiro atoms. The van der Waals surface area contributed by atoms with Crippen molar-refractivity contribution in [2.45, 2.75) is 25.8 Å². The third-order valence-corrected chi connectivity index (χ3v) is 2.94. The Kier molecular flexibility index (Phi) is 3.21. The molecule has 82 valence electrons. The fourth-order valence-corrected chi connectivity index (χ4v) is 2.09. The van der Waals surface area contributed by atoms with Crippen molar-refractivity contribution in [1.29, 1.82) is 5.26 Å². The molecule has 1 aliphatic heterocycles. The lowest BCUT2D eigenvalue weighted by atomic mass is 10.0. The standard InChI is InChI=1S/C13H14N2O/c14-8-7-13(16)15-9-3-6-11-4-1-2-5-12(11)10-15/h1-2,4-5H,3,6-7,9-10H2. The average molecular weight is 214 g/mol. The highest BCUT2D eigenvalue weighted by atomic mass is 16.2. The van der Waals surface area contributed by atoms with E-state index < -0.39 is 0 Å². The van der Waals surface area contributed by atoms with E-state index in [1.807, 2.05) is 18.2 Å². The lowest BCUT2D eigenvalue weighted by molar-refractivity contribution is -0.130. The number of nitrogens with zero attached hydrogens (tertiary/aromatic N) is 2. The van der Waals surface area contributed by atoms with E-state index >= 15 is 0 Å². The quantitative estimate of drug-likeness (QED) is 0.716. The molecule has 0 aromatic heterocycles. The third kappa shape index (κ3) is 2.22. The number of fused-ring (bicyclic) bond motifs is 1. The smallest absolute Gasteiger partial charge is 0.237 e. The summed E-state index contributed by atoms with van der Waals surface area (Å²) in [4.78, 5) is 13.5. The molecular weight excluding hydrogens is 200 g/mol. The maximum Gasteiger partial charge on any atom is 0.237 e. The molecule has 0 bridgehead atoms. The van der Waals surface area contributed by atoms with E-state index in [0.717, 1.165) is 19.4 Å². The van der Waals surface area contributed by atoms with Crippen LogP contribution in [0.25, 0.3) is 0 Å². The second kappa shape index (κ2) is 4.80. The number of carbonyl (C=O) groups is 1. The summed E-state index contributed by atoms with van der Waals surface area (Å²) in [6.45, 7) is 1.41. The van der Waals surface area contributed by atoms with Gasteiger partial charge in [-0.25, -0.2) is 0 Å². The number of aryl methyl sites for hydroxylation is 1. The van der Waals surface area contributed by atoms with Crippen LogP contribution in [-0.4, -0.2) is 17.4 Å². The van der Waals surface area contributed by atoms with Crippen molar-refractivity contribution in [3.63, 3.8) is 0 Å². The van der Waals surface area contributed by atoms with Crippen LogP contribution in [0.4, 0.5) is 0 Å². The van der Waals surface area contributed by atoms with Crippen LogP contribution in [-0.2, 0) is 17.8 Å². The van der Waals surface area contributed by atoms with Crippen LogP contribution in [0.3, 0.4) is 0 Å². The molecule has 2 rings (SSSR count). The number of hydrogen-bond acceptors (Lipinski definition) is 2. The molecule has 1 aromatic carbocycles. The van der Waals surface area contributed by atoms with Crippen LogP contribution >= 0.6 is 0 Å². The first-order valence-electron chi connectivity index (χ1n) is 5.53. The van der Waals surface area contributed by atoms with Crippen molar-refractivity contribution in [2.24, 2.45) is 0 Å². The van der Waals surface area contributed by atoms with E-state index in [4.69, 9.17) is 5.26 Å². The number of benzene rings is 1. The molecule has 0 fully saturated rings. The minimum Gasteiger partial charge on any atom is -0.337 e. The zero-order valence-corrected chi connectivity index (χ0v) is 9.15. The summed E-state index contributed by atoms with van der Waals surface area (Å²) in [7, 11) is 0. The highest BCUT2D eigenvalue weighted by Gasteiger charge is 2.17. The highest BCUT2D eigenvalue weighted by Crippen LogP contribution is 2.18. The van der Waals surface area contributed by atoms with Gasteiger partial charge in [0.2, 0.25) is 5.91 Å². The molecule has 0 N–H and O–H groups in total. The molecule has 0 saturated carbocycles. The van der Waals surface area contributed by atoms with Gasteiger partial charge in [-0.05, 0) is 24.0 Å². The molecule has 1 heterocycles. The second-order valence-electron chi connectivity index (χ2n) is 4.02. The Labute approximate surface area is 95.3 Å². The van der Waals surface area contributed by atoms with Crippen molar-refractivity contribution in [2.75, 3.05) is 6.54 Å². The lowest BCUT2D eigenvalue weighted by Gasteiger charge is -2.19. The molecule has 0 aliphatic carbocycles. The maximum atomic E-state index is 11.7. The zero-order valence-electron chi connectivity index (χ0n) is 9.15. The molecule has 0 radical (unpaired) electrons. The summed E-state index contributed by atoms with van der Waals surface area (Å²) in [5.41, 5.74) is 2.54. The molecular formula is C13H14N2O. The average Bonchev–Trinajstić information content (AvgIpc) is 2.51. The van der Waals surface area contributed by atoms with Gasteiger partial charge in [0.05, 0.1) is 6.07 Å². The number of nitriles is 1. The normalized spacial score (nSPS) is 14.8. The molecule has 3 heteroatoms. The van der Waals surface area contributed by atoms with Gasteiger partial charge in [0.15, 0.2) is 0 Å². The van der Waals surface area contributed by atoms with E-state index in [9.17, 15) is 4.79 Å². The summed E-state index contributed by atoms with van der Waals surface area (Å²) in [5, 5.41) is 8.54. The van der Waals surface area contributed by atoms with Crippen molar-refractivity contribution in [3.8, 4) is 6.07 Å². The summed E-state index contributed by atoms with van der Waals surface area (Å²) >= 11 is 0. The number of amides is 1. The van der Waals surface area contributed by atoms with Crippen LogP contribution in [0.5, 0.6) is 0 Å². The van der Waals surface area contributed by atoms with E-state index in [1.165, 1.54) is 11.1 Å². The van der Waals surface area contributed by atoms with Crippen LogP contribution in [0.2, 0.25) is 0 Å². The molecule has 1 amide bonds. The van der Waals surface area contributed by atoms with Gasteiger partial charge in [0, 0.05) is 13.1 Å². The predicted octanol–water partition coefficient (Wildman–Crippen LogP) is 1.88. The van der Waals surface area contributed by atoms with Gasteiger partial charge in [-0.3, -0.25) is 4.79 Å². The third-order valence-electron chi connectivity index (χ3n) is 2.94. The molecule has 0 atom stereocenters. The minimum atomic E-state index is -0.0563. The summed E-state index contributed by atoms with van der Waals surface area (Å²) < 4.78 is 0. The first kappa shape index (κ1) is 10.7. The van der Waals surface area contributed by atoms with E-state index in [2.05, 4.69) is 12.1 Å². The maximum absolute atomic E-state index is 11.7. The SMILES string of the molecule is N#CCC(=O)N1CCCc2ccccc2C1. The lowest BCUT2D eigenvalue weighted by Crippen LogP contribution is -2.30. The molecule has 0 saturated heterocycles. The Hall–Kier alpha value is -1.82. The highest BCUT2D eigenvalue weighted by molar-refractivity contribution is 5.78. The van der Waals surface area contributed by atoms with Gasteiger partial charge in [-0.1, -0.05) is 24.3 Å². The second-order valence-corrected chi connectivity index (χ2v) is 4.02. The Morgan fingerprint density at radius 3 is 2.88 bits per heavy atom. The predicted molar refractivity (Wildman–Crippen MR) is 60.4 cm³/mol. The van der Waals surface area contributed by atoms with Gasteiger partial charge in [0.25, 0.3) is 0 Å². The summed E-state index contributed by atoms with van der Waals surface area (Å²) in [6, 6.07) is 10.1. The van der Waals surface area contributed by atoms with E-state index in [1.54, 1.807) is 4.90 Å². The van der Waals surface area contributed by atoms with Crippen molar-refractivity contribution >= 4 is 5.91 Å². The molecule has 3 nitrogen and oxygen atoms in total. The first-order chi connectivity index (χ1) is 7.81. The van der Waals surface area contributed by atoms with Gasteiger partial charge in [0.1, 0.15) is 6.42 Å². The number of hydrogen-bond donors (Lipinski definition) is 0. The Morgan fingerprint density at radius 2 is 2.12 bits per heavy atom. The number of carbonyl (C=O) groups excluding carboxylic acids is 1.